The maximum absolute atomic E-state index is 13.2. The third-order valence-electron chi connectivity index (χ3n) is 4.37. The number of nitrogens with zero attached hydrogens (tertiary/aromatic N) is 3. The Hall–Kier alpha value is -3.33. The first kappa shape index (κ1) is 17.1. The van der Waals surface area contributed by atoms with Crippen LogP contribution in [0.3, 0.4) is 0 Å². The zero-order chi connectivity index (χ0) is 19.3. The second-order valence-corrected chi connectivity index (χ2v) is 7.91. The summed E-state index contributed by atoms with van der Waals surface area (Å²) < 4.78 is 41.8. The minimum Gasteiger partial charge on any atom is -0.317 e. The van der Waals surface area contributed by atoms with Gasteiger partial charge in [0.1, 0.15) is 16.1 Å². The zero-order valence-electron chi connectivity index (χ0n) is 14.1. The molecular weight excluding hydrogens is 371 g/mol. The number of rotatable bonds is 2. The molecule has 3 aromatic heterocycles. The Morgan fingerprint density at radius 1 is 1.15 bits per heavy atom. The Kier molecular flexibility index (Phi) is 3.70. The molecule has 0 saturated carbocycles. The number of sulfone groups is 1. The van der Waals surface area contributed by atoms with Gasteiger partial charge in [-0.3, -0.25) is 9.20 Å². The van der Waals surface area contributed by atoms with E-state index in [-0.39, 0.29) is 26.6 Å². The Labute approximate surface area is 153 Å². The number of nitrogens with two attached hydrogens (primary N) is 1. The molecule has 0 radical (unpaired) electrons. The van der Waals surface area contributed by atoms with E-state index in [0.29, 0.717) is 5.65 Å². The summed E-state index contributed by atoms with van der Waals surface area (Å²) >= 11 is 0. The lowest BCUT2D eigenvalue weighted by Crippen LogP contribution is -2.37. The van der Waals surface area contributed by atoms with Gasteiger partial charge in [0.2, 0.25) is 21.3 Å². The van der Waals surface area contributed by atoms with Crippen LogP contribution in [0.2, 0.25) is 0 Å². The molecule has 136 valence electrons. The van der Waals surface area contributed by atoms with Gasteiger partial charge in [-0.25, -0.2) is 17.4 Å². The van der Waals surface area contributed by atoms with Crippen molar-refractivity contribution in [2.75, 3.05) is 5.73 Å². The minimum absolute atomic E-state index is 0.0704. The molecule has 0 bridgehead atoms. The van der Waals surface area contributed by atoms with Crippen LogP contribution in [0.5, 0.6) is 0 Å². The predicted molar refractivity (Wildman–Crippen MR) is 96.4 cm³/mol. The first-order valence-electron chi connectivity index (χ1n) is 7.91. The van der Waals surface area contributed by atoms with E-state index in [2.05, 4.69) is 4.98 Å². The third kappa shape index (κ3) is 2.55. The fraction of sp³-hybridized carbons (Fsp3) is 0.0556. The first-order chi connectivity index (χ1) is 12.8. The van der Waals surface area contributed by atoms with Crippen LogP contribution in [0, 0.1) is 5.82 Å². The monoisotopic (exact) mass is 385 g/mol. The highest BCUT2D eigenvalue weighted by molar-refractivity contribution is 7.91. The van der Waals surface area contributed by atoms with E-state index in [1.807, 2.05) is 0 Å². The summed E-state index contributed by atoms with van der Waals surface area (Å²) in [6, 6.07) is 10.7. The fourth-order valence-corrected chi connectivity index (χ4v) is 4.35. The highest BCUT2D eigenvalue weighted by Gasteiger charge is 2.28. The van der Waals surface area contributed by atoms with Crippen molar-refractivity contribution in [3.63, 3.8) is 0 Å². The molecule has 0 aliphatic carbocycles. The summed E-state index contributed by atoms with van der Waals surface area (Å²) in [6.07, 6.45) is 1.55. The van der Waals surface area contributed by atoms with Gasteiger partial charge in [0.25, 0.3) is 11.2 Å². The molecule has 4 aromatic rings. The SMILES string of the molecule is C[n+]1c(N)c(S(=O)(=O)c2ccc(F)cc2)cc2c(=O)n3ccccc3nc21. The van der Waals surface area contributed by atoms with E-state index in [9.17, 15) is 17.6 Å². The highest BCUT2D eigenvalue weighted by atomic mass is 32.2. The van der Waals surface area contributed by atoms with Crippen molar-refractivity contribution in [2.45, 2.75) is 9.79 Å². The summed E-state index contributed by atoms with van der Waals surface area (Å²) in [5.74, 6) is -0.626. The number of hydrogen-bond acceptors (Lipinski definition) is 5. The second kappa shape index (κ2) is 5.85. The van der Waals surface area contributed by atoms with E-state index < -0.39 is 21.2 Å². The van der Waals surface area contributed by atoms with Crippen molar-refractivity contribution in [2.24, 2.45) is 7.05 Å². The molecule has 0 unspecified atom stereocenters. The van der Waals surface area contributed by atoms with Gasteiger partial charge in [-0.2, -0.15) is 0 Å². The molecule has 7 nitrogen and oxygen atoms in total. The van der Waals surface area contributed by atoms with Crippen LogP contribution in [0.1, 0.15) is 0 Å². The van der Waals surface area contributed by atoms with Gasteiger partial charge in [-0.1, -0.05) is 11.1 Å². The van der Waals surface area contributed by atoms with Gasteiger partial charge in [0, 0.05) is 6.20 Å². The molecule has 0 fully saturated rings. The van der Waals surface area contributed by atoms with E-state index in [1.165, 1.54) is 22.1 Å². The molecule has 27 heavy (non-hydrogen) atoms. The van der Waals surface area contributed by atoms with E-state index in [1.54, 1.807) is 24.4 Å². The smallest absolute Gasteiger partial charge is 0.278 e. The number of anilines is 1. The van der Waals surface area contributed by atoms with Crippen molar-refractivity contribution < 1.29 is 17.4 Å². The molecule has 2 N–H and O–H groups in total. The van der Waals surface area contributed by atoms with Crippen LogP contribution in [0.4, 0.5) is 10.2 Å². The van der Waals surface area contributed by atoms with Gasteiger partial charge in [0.05, 0.1) is 11.9 Å². The molecule has 0 aliphatic rings. The molecular formula is C18H14FN4O3S+. The average molecular weight is 385 g/mol. The number of aromatic nitrogens is 3. The van der Waals surface area contributed by atoms with Crippen molar-refractivity contribution in [1.82, 2.24) is 9.38 Å². The number of benzene rings is 1. The van der Waals surface area contributed by atoms with Gasteiger partial charge in [-0.15, -0.1) is 0 Å². The van der Waals surface area contributed by atoms with Crippen LogP contribution in [0.25, 0.3) is 16.7 Å². The van der Waals surface area contributed by atoms with Gasteiger partial charge in [0.15, 0.2) is 0 Å². The van der Waals surface area contributed by atoms with Gasteiger partial charge >= 0.3 is 0 Å². The standard InChI is InChI=1S/C18H13FN4O3S/c1-22-16(20)14(27(25,26)12-7-5-11(19)6-8-12)10-13-17(22)21-15-4-2-3-9-23(15)18(13)24/h2-10,20H,1H3/p+1. The highest BCUT2D eigenvalue weighted by Crippen LogP contribution is 2.26. The Morgan fingerprint density at radius 3 is 2.56 bits per heavy atom. The van der Waals surface area contributed by atoms with Crippen molar-refractivity contribution in [3.8, 4) is 0 Å². The molecule has 0 amide bonds. The number of pyridine rings is 2. The number of halogens is 1. The molecule has 9 heteroatoms. The summed E-state index contributed by atoms with van der Waals surface area (Å²) in [7, 11) is -2.52. The van der Waals surface area contributed by atoms with Crippen molar-refractivity contribution >= 4 is 32.3 Å². The normalized spacial score (nSPS) is 11.9. The summed E-state index contributed by atoms with van der Waals surface area (Å²) in [4.78, 5) is 16.9. The molecule has 3 heterocycles. The average Bonchev–Trinajstić information content (AvgIpc) is 2.65. The lowest BCUT2D eigenvalue weighted by Gasteiger charge is -2.10. The van der Waals surface area contributed by atoms with Crippen LogP contribution in [-0.2, 0) is 16.9 Å². The second-order valence-electron chi connectivity index (χ2n) is 5.99. The summed E-state index contributed by atoms with van der Waals surface area (Å²) in [6.45, 7) is 0. The predicted octanol–water partition coefficient (Wildman–Crippen LogP) is 1.23. The number of fused-ring (bicyclic) bond motifs is 2. The Morgan fingerprint density at radius 2 is 1.85 bits per heavy atom. The van der Waals surface area contributed by atoms with Gasteiger partial charge in [-0.05, 0) is 42.5 Å². The number of hydrogen-bond donors (Lipinski definition) is 1. The maximum Gasteiger partial charge on any atom is 0.278 e. The van der Waals surface area contributed by atoms with Crippen molar-refractivity contribution in [1.29, 1.82) is 0 Å². The van der Waals surface area contributed by atoms with Crippen LogP contribution < -0.4 is 15.9 Å². The van der Waals surface area contributed by atoms with E-state index in [4.69, 9.17) is 5.73 Å². The maximum atomic E-state index is 13.2. The quantitative estimate of drug-likeness (QED) is 0.318. The van der Waals surface area contributed by atoms with Gasteiger partial charge < -0.3 is 5.73 Å². The molecule has 4 rings (SSSR count). The molecule has 1 aromatic carbocycles. The minimum atomic E-state index is -4.06. The van der Waals surface area contributed by atoms with Crippen LogP contribution >= 0.6 is 0 Å². The lowest BCUT2D eigenvalue weighted by atomic mass is 10.3. The Bertz CT molecular complexity index is 1380. The largest absolute Gasteiger partial charge is 0.317 e. The fourth-order valence-electron chi connectivity index (χ4n) is 2.91. The topological polar surface area (TPSA) is 98.4 Å². The van der Waals surface area contributed by atoms with Crippen LogP contribution in [-0.4, -0.2) is 17.8 Å². The first-order valence-corrected chi connectivity index (χ1v) is 9.39. The lowest BCUT2D eigenvalue weighted by molar-refractivity contribution is -0.633. The molecule has 0 saturated heterocycles. The summed E-state index contributed by atoms with van der Waals surface area (Å²) in [5.41, 5.74) is 6.32. The zero-order valence-corrected chi connectivity index (χ0v) is 14.9. The Balaban J connectivity index is 2.09. The number of aryl methyl sites for hydroxylation is 1. The van der Waals surface area contributed by atoms with Crippen LogP contribution in [0.15, 0.2) is 69.3 Å². The molecule has 0 atom stereocenters. The molecule has 0 spiro atoms. The van der Waals surface area contributed by atoms with E-state index >= 15 is 0 Å². The van der Waals surface area contributed by atoms with Crippen molar-refractivity contribution in [3.05, 3.63) is 70.9 Å². The number of nitrogen functional groups attached to an aromatic ring is 1. The van der Waals surface area contributed by atoms with E-state index in [0.717, 1.165) is 24.3 Å². The third-order valence-corrected chi connectivity index (χ3v) is 6.17. The molecule has 0 aliphatic heterocycles. The summed E-state index contributed by atoms with van der Waals surface area (Å²) in [5, 5.41) is 0.107.